The van der Waals surface area contributed by atoms with Crippen LogP contribution in [0.15, 0.2) is 193 Å². The van der Waals surface area contributed by atoms with Gasteiger partial charge in [0.2, 0.25) is 0 Å². The molecule has 0 saturated heterocycles. The highest BCUT2D eigenvalue weighted by molar-refractivity contribution is 9.10. The molecule has 0 fully saturated rings. The Morgan fingerprint density at radius 1 is 0.302 bits per heavy atom. The summed E-state index contributed by atoms with van der Waals surface area (Å²) in [4.78, 5) is 9.46. The molecule has 0 aliphatic heterocycles. The van der Waals surface area contributed by atoms with Crippen LogP contribution in [0.25, 0.3) is 99.0 Å². The second-order valence-corrected chi connectivity index (χ2v) is 14.5. The zero-order chi connectivity index (χ0) is 35.3. The number of hydrogen-bond donors (Lipinski definition) is 0. The van der Waals surface area contributed by atoms with E-state index in [9.17, 15) is 0 Å². The van der Waals surface area contributed by atoms with Crippen LogP contribution in [0.5, 0.6) is 0 Å². The highest BCUT2D eigenvalue weighted by atomic mass is 79.9. The summed E-state index contributed by atoms with van der Waals surface area (Å²) < 4.78 is 1.06. The standard InChI is InChI=1S/C50H31BrN2/c51-42-20-22-44-46(31-42)50(38-18-16-33-10-2-4-12-35(33)26-38)43-21-19-36(30-45(43)49(44)37-17-15-32-9-1-3-11-34(32)25-37)39-27-40(47-13-5-7-23-52-47)29-41(28-39)48-14-6-8-24-53-48/h1-31H. The van der Waals surface area contributed by atoms with Gasteiger partial charge in [-0.25, -0.2) is 0 Å². The average molecular weight is 740 g/mol. The number of hydrogen-bond acceptors (Lipinski definition) is 2. The minimum Gasteiger partial charge on any atom is -0.256 e. The van der Waals surface area contributed by atoms with Gasteiger partial charge in [-0.15, -0.1) is 0 Å². The van der Waals surface area contributed by atoms with Crippen LogP contribution < -0.4 is 0 Å². The van der Waals surface area contributed by atoms with Gasteiger partial charge in [-0.05, 0) is 149 Å². The summed E-state index contributed by atoms with van der Waals surface area (Å²) in [5.74, 6) is 0. The van der Waals surface area contributed by atoms with Gasteiger partial charge in [-0.1, -0.05) is 119 Å². The molecule has 8 aromatic carbocycles. The fraction of sp³-hybridized carbons (Fsp3) is 0. The van der Waals surface area contributed by atoms with Crippen LogP contribution in [-0.4, -0.2) is 9.97 Å². The lowest BCUT2D eigenvalue weighted by Gasteiger charge is -2.20. The first-order valence-corrected chi connectivity index (χ1v) is 18.6. The van der Waals surface area contributed by atoms with Gasteiger partial charge < -0.3 is 0 Å². The second kappa shape index (κ2) is 13.0. The summed E-state index contributed by atoms with van der Waals surface area (Å²) in [5, 5.41) is 9.76. The highest BCUT2D eigenvalue weighted by Gasteiger charge is 2.19. The first-order chi connectivity index (χ1) is 26.2. The van der Waals surface area contributed by atoms with Crippen LogP contribution in [0, 0.1) is 0 Å². The van der Waals surface area contributed by atoms with E-state index in [0.717, 1.165) is 38.1 Å². The Morgan fingerprint density at radius 3 is 1.32 bits per heavy atom. The molecule has 10 rings (SSSR count). The molecule has 0 aliphatic carbocycles. The molecule has 3 heteroatoms. The number of halogens is 1. The predicted molar refractivity (Wildman–Crippen MR) is 227 cm³/mol. The Bertz CT molecular complexity index is 2950. The quantitative estimate of drug-likeness (QED) is 0.164. The lowest BCUT2D eigenvalue weighted by Crippen LogP contribution is -1.93. The van der Waals surface area contributed by atoms with E-state index in [2.05, 4.69) is 168 Å². The van der Waals surface area contributed by atoms with Crippen LogP contribution in [-0.2, 0) is 0 Å². The molecule has 0 bridgehead atoms. The summed E-state index contributed by atoms with van der Waals surface area (Å²) in [6, 6.07) is 63.5. The van der Waals surface area contributed by atoms with Crippen molar-refractivity contribution in [3.05, 3.63) is 193 Å². The number of nitrogens with zero attached hydrogens (tertiary/aromatic N) is 2. The van der Waals surface area contributed by atoms with Crippen LogP contribution in [0.3, 0.4) is 0 Å². The third-order valence-electron chi connectivity index (χ3n) is 10.3. The van der Waals surface area contributed by atoms with Gasteiger partial charge in [0, 0.05) is 28.0 Å². The van der Waals surface area contributed by atoms with Crippen LogP contribution in [0.2, 0.25) is 0 Å². The molecular formula is C50H31BrN2. The molecule has 0 saturated carbocycles. The van der Waals surface area contributed by atoms with Crippen molar-refractivity contribution in [2.45, 2.75) is 0 Å². The van der Waals surface area contributed by atoms with Crippen molar-refractivity contribution in [1.82, 2.24) is 9.97 Å². The van der Waals surface area contributed by atoms with E-state index < -0.39 is 0 Å². The Morgan fingerprint density at radius 2 is 0.774 bits per heavy atom. The summed E-state index contributed by atoms with van der Waals surface area (Å²) in [5.41, 5.74) is 11.1. The number of rotatable bonds is 5. The molecule has 0 atom stereocenters. The van der Waals surface area contributed by atoms with E-state index >= 15 is 0 Å². The van der Waals surface area contributed by atoms with E-state index in [4.69, 9.17) is 9.97 Å². The van der Waals surface area contributed by atoms with Gasteiger partial charge in [0.1, 0.15) is 0 Å². The maximum Gasteiger partial charge on any atom is 0.0702 e. The molecular weight excluding hydrogens is 708 g/mol. The zero-order valence-electron chi connectivity index (χ0n) is 28.7. The molecule has 0 unspecified atom stereocenters. The molecule has 0 N–H and O–H groups in total. The van der Waals surface area contributed by atoms with Crippen molar-refractivity contribution in [1.29, 1.82) is 0 Å². The largest absolute Gasteiger partial charge is 0.256 e. The molecule has 2 aromatic heterocycles. The van der Waals surface area contributed by atoms with Crippen molar-refractivity contribution < 1.29 is 0 Å². The van der Waals surface area contributed by atoms with Gasteiger partial charge in [0.05, 0.1) is 11.4 Å². The van der Waals surface area contributed by atoms with Crippen LogP contribution in [0.4, 0.5) is 0 Å². The maximum absolute atomic E-state index is 4.73. The number of pyridine rings is 2. The first-order valence-electron chi connectivity index (χ1n) is 17.8. The number of aromatic nitrogens is 2. The van der Waals surface area contributed by atoms with E-state index in [1.165, 1.54) is 65.3 Å². The monoisotopic (exact) mass is 738 g/mol. The summed E-state index contributed by atoms with van der Waals surface area (Å²) in [6.07, 6.45) is 3.71. The summed E-state index contributed by atoms with van der Waals surface area (Å²) >= 11 is 3.84. The Kier molecular flexibility index (Phi) is 7.66. The lowest BCUT2D eigenvalue weighted by atomic mass is 9.84. The fourth-order valence-electron chi connectivity index (χ4n) is 7.85. The van der Waals surface area contributed by atoms with Crippen molar-refractivity contribution in [3.8, 4) is 55.9 Å². The molecule has 248 valence electrons. The van der Waals surface area contributed by atoms with Gasteiger partial charge in [0.15, 0.2) is 0 Å². The topological polar surface area (TPSA) is 25.8 Å². The lowest BCUT2D eigenvalue weighted by molar-refractivity contribution is 1.31. The van der Waals surface area contributed by atoms with Crippen molar-refractivity contribution in [3.63, 3.8) is 0 Å². The first kappa shape index (κ1) is 31.3. The predicted octanol–water partition coefficient (Wildman–Crippen LogP) is 14.2. The Labute approximate surface area is 316 Å². The summed E-state index contributed by atoms with van der Waals surface area (Å²) in [6.45, 7) is 0. The molecule has 0 radical (unpaired) electrons. The van der Waals surface area contributed by atoms with Crippen molar-refractivity contribution in [2.24, 2.45) is 0 Å². The third kappa shape index (κ3) is 5.67. The molecule has 0 aliphatic rings. The van der Waals surface area contributed by atoms with E-state index in [-0.39, 0.29) is 0 Å². The van der Waals surface area contributed by atoms with Crippen LogP contribution in [0.1, 0.15) is 0 Å². The number of benzene rings is 8. The molecule has 2 heterocycles. The maximum atomic E-state index is 4.73. The van der Waals surface area contributed by atoms with Gasteiger partial charge in [-0.3, -0.25) is 9.97 Å². The average Bonchev–Trinajstić information content (AvgIpc) is 3.22. The minimum absolute atomic E-state index is 0.930. The summed E-state index contributed by atoms with van der Waals surface area (Å²) in [7, 11) is 0. The zero-order valence-corrected chi connectivity index (χ0v) is 30.3. The van der Waals surface area contributed by atoms with E-state index in [1.54, 1.807) is 0 Å². The van der Waals surface area contributed by atoms with E-state index in [1.807, 2.05) is 36.7 Å². The smallest absolute Gasteiger partial charge is 0.0702 e. The van der Waals surface area contributed by atoms with Gasteiger partial charge >= 0.3 is 0 Å². The van der Waals surface area contributed by atoms with Crippen molar-refractivity contribution in [2.75, 3.05) is 0 Å². The fourth-order valence-corrected chi connectivity index (χ4v) is 8.21. The molecule has 0 spiro atoms. The Balaban J connectivity index is 1.30. The van der Waals surface area contributed by atoms with Gasteiger partial charge in [-0.2, -0.15) is 0 Å². The molecule has 2 nitrogen and oxygen atoms in total. The Hall–Kier alpha value is -6.42. The van der Waals surface area contributed by atoms with E-state index in [0.29, 0.717) is 0 Å². The minimum atomic E-state index is 0.930. The SMILES string of the molecule is Brc1ccc2c(-c3ccc4ccccc4c3)c3cc(-c4cc(-c5ccccn5)cc(-c5ccccn5)c4)ccc3c(-c3ccc4ccccc4c3)c2c1. The molecule has 53 heavy (non-hydrogen) atoms. The second-order valence-electron chi connectivity index (χ2n) is 13.6. The number of fused-ring (bicyclic) bond motifs is 4. The third-order valence-corrected chi connectivity index (χ3v) is 10.8. The van der Waals surface area contributed by atoms with Gasteiger partial charge in [0.25, 0.3) is 0 Å². The van der Waals surface area contributed by atoms with Crippen LogP contribution >= 0.6 is 15.9 Å². The molecule has 0 amide bonds. The van der Waals surface area contributed by atoms with Crippen molar-refractivity contribution >= 4 is 59.0 Å². The highest BCUT2D eigenvalue weighted by Crippen LogP contribution is 2.47. The molecule has 10 aromatic rings. The normalized spacial score (nSPS) is 11.5.